The lowest BCUT2D eigenvalue weighted by Gasteiger charge is -2.15. The number of aryl methyl sites for hydroxylation is 2. The number of carbonyl (C=O) groups excluding carboxylic acids is 2. The van der Waals surface area contributed by atoms with Gasteiger partial charge in [0.15, 0.2) is 0 Å². The molecule has 0 saturated carbocycles. The fourth-order valence-corrected chi connectivity index (χ4v) is 5.98. The zero-order chi connectivity index (χ0) is 28.2. The molecular weight excluding hydrogens is 537 g/mol. The van der Waals surface area contributed by atoms with E-state index >= 15 is 0 Å². The number of thioether (sulfide) groups is 2. The van der Waals surface area contributed by atoms with Gasteiger partial charge < -0.3 is 10.6 Å². The van der Waals surface area contributed by atoms with Crippen LogP contribution in [0.3, 0.4) is 0 Å². The minimum Gasteiger partial charge on any atom is -0.353 e. The van der Waals surface area contributed by atoms with Crippen LogP contribution in [0.2, 0.25) is 0 Å². The highest BCUT2D eigenvalue weighted by Gasteiger charge is 2.16. The molecule has 0 saturated heterocycles. The van der Waals surface area contributed by atoms with Crippen LogP contribution in [0.5, 0.6) is 0 Å². The monoisotopic (exact) mass is 572 g/mol. The third-order valence-electron chi connectivity index (χ3n) is 6.42. The second-order valence-corrected chi connectivity index (χ2v) is 11.8. The molecule has 0 aliphatic carbocycles. The largest absolute Gasteiger partial charge is 0.353 e. The lowest BCUT2D eigenvalue weighted by Crippen LogP contribution is -2.34. The van der Waals surface area contributed by atoms with Crippen LogP contribution >= 0.6 is 23.5 Å². The van der Waals surface area contributed by atoms with Crippen LogP contribution in [0, 0.1) is 0 Å². The van der Waals surface area contributed by atoms with E-state index in [-0.39, 0.29) is 35.4 Å². The first-order valence-electron chi connectivity index (χ1n) is 13.6. The Kier molecular flexibility index (Phi) is 11.4. The second-order valence-electron chi connectivity index (χ2n) is 9.89. The van der Waals surface area contributed by atoms with Crippen LogP contribution < -0.4 is 10.6 Å². The summed E-state index contributed by atoms with van der Waals surface area (Å²) in [6, 6.07) is 28.4. The van der Waals surface area contributed by atoms with Gasteiger partial charge in [-0.25, -0.2) is 9.97 Å². The molecule has 4 rings (SSSR count). The third-order valence-corrected chi connectivity index (χ3v) is 8.48. The minimum absolute atomic E-state index is 0.0403. The van der Waals surface area contributed by atoms with Gasteiger partial charge in [-0.1, -0.05) is 96.3 Å². The Labute approximate surface area is 245 Å². The van der Waals surface area contributed by atoms with E-state index in [1.807, 2.05) is 74.5 Å². The number of fused-ring (bicyclic) bond motifs is 1. The van der Waals surface area contributed by atoms with E-state index in [4.69, 9.17) is 9.97 Å². The number of nitrogens with zero attached hydrogens (tertiary/aromatic N) is 2. The Hall–Kier alpha value is -3.36. The maximum absolute atomic E-state index is 12.7. The van der Waals surface area contributed by atoms with Crippen molar-refractivity contribution in [3.63, 3.8) is 0 Å². The number of hydrogen-bond donors (Lipinski definition) is 2. The third kappa shape index (κ3) is 9.68. The van der Waals surface area contributed by atoms with E-state index < -0.39 is 0 Å². The molecule has 40 heavy (non-hydrogen) atoms. The van der Waals surface area contributed by atoms with Crippen molar-refractivity contribution in [1.29, 1.82) is 0 Å². The van der Waals surface area contributed by atoms with Gasteiger partial charge in [0.05, 0.1) is 22.5 Å². The first kappa shape index (κ1) is 29.6. The molecule has 2 N–H and O–H groups in total. The fourth-order valence-electron chi connectivity index (χ4n) is 4.26. The number of para-hydroxylation sites is 2. The molecule has 2 unspecified atom stereocenters. The van der Waals surface area contributed by atoms with Crippen molar-refractivity contribution in [2.45, 2.75) is 61.7 Å². The molecule has 3 aromatic carbocycles. The highest BCUT2D eigenvalue weighted by atomic mass is 32.2. The molecule has 6 nitrogen and oxygen atoms in total. The zero-order valence-electron chi connectivity index (χ0n) is 23.0. The first-order chi connectivity index (χ1) is 19.5. The van der Waals surface area contributed by atoms with E-state index in [1.54, 1.807) is 0 Å². The summed E-state index contributed by atoms with van der Waals surface area (Å²) < 4.78 is 0. The molecular formula is C32H36N4O2S2. The van der Waals surface area contributed by atoms with Crippen molar-refractivity contribution in [3.05, 3.63) is 96.1 Å². The summed E-state index contributed by atoms with van der Waals surface area (Å²) >= 11 is 2.72. The van der Waals surface area contributed by atoms with Crippen molar-refractivity contribution < 1.29 is 9.59 Å². The van der Waals surface area contributed by atoms with E-state index in [0.29, 0.717) is 10.1 Å². The smallest absolute Gasteiger partial charge is 0.230 e. The molecule has 0 spiro atoms. The summed E-state index contributed by atoms with van der Waals surface area (Å²) in [5.41, 5.74) is 4.07. The molecule has 2 amide bonds. The maximum Gasteiger partial charge on any atom is 0.230 e. The van der Waals surface area contributed by atoms with E-state index in [1.165, 1.54) is 34.7 Å². The van der Waals surface area contributed by atoms with Crippen molar-refractivity contribution >= 4 is 46.4 Å². The number of rotatable bonds is 14. The van der Waals surface area contributed by atoms with Crippen molar-refractivity contribution in [2.24, 2.45) is 0 Å². The minimum atomic E-state index is -0.0403. The van der Waals surface area contributed by atoms with E-state index in [0.717, 1.165) is 36.7 Å². The number of amides is 2. The van der Waals surface area contributed by atoms with Gasteiger partial charge in [-0.3, -0.25) is 9.59 Å². The number of hydrogen-bond acceptors (Lipinski definition) is 6. The highest BCUT2D eigenvalue weighted by Crippen LogP contribution is 2.29. The lowest BCUT2D eigenvalue weighted by atomic mass is 10.1. The standard InChI is InChI=1S/C32H36N4O2S2/c1-23(17-19-25-11-5-3-6-12-25)33-29(37)21-39-31-32(36-28-16-10-9-15-27(28)35-31)40-22-30(38)34-24(2)18-20-26-13-7-4-8-14-26/h3-16,23-24H,17-22H2,1-2H3,(H,33,37)(H,34,38). The number of nitrogens with one attached hydrogen (secondary N) is 2. The van der Waals surface area contributed by atoms with Crippen molar-refractivity contribution in [1.82, 2.24) is 20.6 Å². The Morgan fingerprint density at radius 2 is 1.00 bits per heavy atom. The SMILES string of the molecule is CC(CCc1ccccc1)NC(=O)CSc1nc2ccccc2nc1SCC(=O)NC(C)CCc1ccccc1. The number of aromatic nitrogens is 2. The second kappa shape index (κ2) is 15.4. The number of carbonyl (C=O) groups is 2. The van der Waals surface area contributed by atoms with E-state index in [2.05, 4.69) is 34.9 Å². The Morgan fingerprint density at radius 1 is 0.625 bits per heavy atom. The molecule has 0 fully saturated rings. The summed E-state index contributed by atoms with van der Waals surface area (Å²) in [6.45, 7) is 4.06. The summed E-state index contributed by atoms with van der Waals surface area (Å²) in [7, 11) is 0. The van der Waals surface area contributed by atoms with Gasteiger partial charge in [0.25, 0.3) is 0 Å². The zero-order valence-corrected chi connectivity index (χ0v) is 24.6. The molecule has 208 valence electrons. The van der Waals surface area contributed by atoms with Gasteiger partial charge in [0.1, 0.15) is 10.1 Å². The van der Waals surface area contributed by atoms with Crippen LogP contribution in [-0.4, -0.2) is 45.4 Å². The topological polar surface area (TPSA) is 84.0 Å². The summed E-state index contributed by atoms with van der Waals surface area (Å²) in [5, 5.41) is 7.52. The van der Waals surface area contributed by atoms with Gasteiger partial charge in [-0.05, 0) is 62.8 Å². The van der Waals surface area contributed by atoms with Crippen molar-refractivity contribution in [3.8, 4) is 0 Å². The first-order valence-corrected chi connectivity index (χ1v) is 15.6. The molecule has 0 radical (unpaired) electrons. The molecule has 1 aromatic heterocycles. The summed E-state index contributed by atoms with van der Waals surface area (Å²) in [6.07, 6.45) is 3.57. The highest BCUT2D eigenvalue weighted by molar-refractivity contribution is 8.02. The van der Waals surface area contributed by atoms with Crippen LogP contribution in [0.1, 0.15) is 37.8 Å². The molecule has 0 aliphatic heterocycles. The quantitative estimate of drug-likeness (QED) is 0.178. The molecule has 0 aliphatic rings. The lowest BCUT2D eigenvalue weighted by molar-refractivity contribution is -0.120. The molecule has 0 bridgehead atoms. The average Bonchev–Trinajstić information content (AvgIpc) is 2.97. The predicted octanol–water partition coefficient (Wildman–Crippen LogP) is 6.09. The predicted molar refractivity (Wildman–Crippen MR) is 166 cm³/mol. The number of benzene rings is 3. The van der Waals surface area contributed by atoms with E-state index in [9.17, 15) is 9.59 Å². The van der Waals surface area contributed by atoms with Crippen LogP contribution in [-0.2, 0) is 22.4 Å². The summed E-state index contributed by atoms with van der Waals surface area (Å²) in [4.78, 5) is 35.0. The van der Waals surface area contributed by atoms with Gasteiger partial charge >= 0.3 is 0 Å². The summed E-state index contributed by atoms with van der Waals surface area (Å²) in [5.74, 6) is 0.390. The molecule has 1 heterocycles. The molecule has 2 atom stereocenters. The Balaban J connectivity index is 1.29. The average molecular weight is 573 g/mol. The Morgan fingerprint density at radius 3 is 1.40 bits per heavy atom. The molecule has 4 aromatic rings. The normalized spacial score (nSPS) is 12.6. The molecule has 8 heteroatoms. The van der Waals surface area contributed by atoms with Crippen molar-refractivity contribution in [2.75, 3.05) is 11.5 Å². The van der Waals surface area contributed by atoms with Gasteiger partial charge in [-0.15, -0.1) is 0 Å². The van der Waals surface area contributed by atoms with Crippen LogP contribution in [0.25, 0.3) is 11.0 Å². The van der Waals surface area contributed by atoms with Gasteiger partial charge in [0, 0.05) is 12.1 Å². The van der Waals surface area contributed by atoms with Gasteiger partial charge in [-0.2, -0.15) is 0 Å². The van der Waals surface area contributed by atoms with Crippen LogP contribution in [0.15, 0.2) is 95.0 Å². The maximum atomic E-state index is 12.7. The van der Waals surface area contributed by atoms with Crippen LogP contribution in [0.4, 0.5) is 0 Å². The van der Waals surface area contributed by atoms with Gasteiger partial charge in [0.2, 0.25) is 11.8 Å². The fraction of sp³-hybridized carbons (Fsp3) is 0.312. The Bertz CT molecular complexity index is 1280.